The van der Waals surface area contributed by atoms with E-state index in [-0.39, 0.29) is 66.7 Å². The zero-order valence-corrected chi connectivity index (χ0v) is 40.8. The molecule has 2 fully saturated rings. The molecule has 0 aromatic rings. The number of nitrogens with zero attached hydrogens (tertiary/aromatic N) is 1. The molecule has 3 aliphatic heterocycles. The Hall–Kier alpha value is -3.04. The number of fused-ring (bicyclic) bond motifs is 3. The number of allylic oxidation sites excluding steroid dienone is 6. The molecule has 3 heterocycles. The molecule has 3 rings (SSSR count). The Kier molecular flexibility index (Phi) is 22.8. The lowest BCUT2D eigenvalue weighted by molar-refractivity contribution is -0.284. The van der Waals surface area contributed by atoms with Gasteiger partial charge in [0.2, 0.25) is 12.0 Å². The molecule has 2 bridgehead atoms. The van der Waals surface area contributed by atoms with E-state index in [4.69, 9.17) is 29.2 Å². The van der Waals surface area contributed by atoms with Crippen LogP contribution in [0.4, 0.5) is 0 Å². The fourth-order valence-electron chi connectivity index (χ4n) is 9.43. The van der Waals surface area contributed by atoms with E-state index in [1.165, 1.54) is 4.90 Å². The molecule has 0 aliphatic carbocycles. The molecule has 64 heavy (non-hydrogen) atoms. The summed E-state index contributed by atoms with van der Waals surface area (Å²) < 4.78 is 23.9. The van der Waals surface area contributed by atoms with Crippen molar-refractivity contribution in [3.05, 3.63) is 47.6 Å². The van der Waals surface area contributed by atoms with Crippen molar-refractivity contribution in [2.24, 2.45) is 35.5 Å². The minimum Gasteiger partial charge on any atom is -0.460 e. The highest BCUT2D eigenvalue weighted by atomic mass is 16.6. The first-order chi connectivity index (χ1) is 30.1. The quantitative estimate of drug-likeness (QED) is 0.148. The van der Waals surface area contributed by atoms with Crippen LogP contribution in [0, 0.1) is 35.5 Å². The van der Waals surface area contributed by atoms with Gasteiger partial charge in [-0.2, -0.15) is 0 Å². The van der Waals surface area contributed by atoms with Crippen LogP contribution in [0.1, 0.15) is 139 Å². The Balaban J connectivity index is 1.99. The summed E-state index contributed by atoms with van der Waals surface area (Å²) in [6, 6.07) is -0.904. The molecule has 0 spiro atoms. The molecule has 13 nitrogen and oxygen atoms in total. The molecule has 13 heteroatoms. The predicted molar refractivity (Wildman–Crippen MR) is 249 cm³/mol. The summed E-state index contributed by atoms with van der Waals surface area (Å²) in [7, 11) is 3.23. The number of amides is 1. The lowest BCUT2D eigenvalue weighted by atomic mass is 9.85. The van der Waals surface area contributed by atoms with Gasteiger partial charge in [-0.25, -0.2) is 4.79 Å². The number of aliphatic hydroxyl groups is 2. The molecular formula is C51H85NO12+2. The van der Waals surface area contributed by atoms with Crippen molar-refractivity contribution in [1.82, 2.24) is 4.90 Å². The van der Waals surface area contributed by atoms with Crippen LogP contribution < -0.4 is 0 Å². The number of carbonyl (C=O) groups excluding carboxylic acids is 4. The summed E-state index contributed by atoms with van der Waals surface area (Å²) in [6.45, 7) is 17.2. The van der Waals surface area contributed by atoms with E-state index in [2.05, 4.69) is 6.92 Å². The smallest absolute Gasteiger partial charge is 0.329 e. The van der Waals surface area contributed by atoms with Crippen LogP contribution in [0.2, 0.25) is 0 Å². The molecule has 15 atom stereocenters. The van der Waals surface area contributed by atoms with Gasteiger partial charge in [0, 0.05) is 63.4 Å². The van der Waals surface area contributed by atoms with Crippen LogP contribution in [0.3, 0.4) is 0 Å². The average molecular weight is 904 g/mol. The van der Waals surface area contributed by atoms with Gasteiger partial charge in [0.05, 0.1) is 18.6 Å². The molecule has 2 saturated heterocycles. The zero-order chi connectivity index (χ0) is 47.9. The molecule has 0 aromatic heterocycles. The van der Waals surface area contributed by atoms with E-state index < -0.39 is 59.6 Å². The summed E-state index contributed by atoms with van der Waals surface area (Å²) >= 11 is 0. The number of cyclic esters (lactones) is 1. The van der Waals surface area contributed by atoms with Gasteiger partial charge in [0.25, 0.3) is 0 Å². The lowest BCUT2D eigenvalue weighted by Gasteiger charge is -2.44. The number of ketones is 2. The molecular weight excluding hydrogens is 819 g/mol. The van der Waals surface area contributed by atoms with Gasteiger partial charge in [-0.15, -0.1) is 0 Å². The third kappa shape index (κ3) is 16.4. The Morgan fingerprint density at radius 2 is 1.64 bits per heavy atom. The van der Waals surface area contributed by atoms with E-state index >= 15 is 0 Å². The van der Waals surface area contributed by atoms with Crippen molar-refractivity contribution in [2.75, 3.05) is 20.8 Å². The van der Waals surface area contributed by atoms with E-state index in [0.29, 0.717) is 69.9 Å². The molecule has 1 amide bonds. The Morgan fingerprint density at radius 3 is 2.31 bits per heavy atom. The average Bonchev–Trinajstić information content (AvgIpc) is 3.26. The third-order valence-corrected chi connectivity index (χ3v) is 14.2. The summed E-state index contributed by atoms with van der Waals surface area (Å²) in [5.41, 5.74) is 1.35. The van der Waals surface area contributed by atoms with Crippen LogP contribution in [0.15, 0.2) is 47.6 Å². The van der Waals surface area contributed by atoms with Gasteiger partial charge < -0.3 is 44.3 Å². The maximum atomic E-state index is 14.3. The highest BCUT2D eigenvalue weighted by Crippen LogP contribution is 2.38. The largest absolute Gasteiger partial charge is 0.460 e. The monoisotopic (exact) mass is 904 g/mol. The van der Waals surface area contributed by atoms with Crippen LogP contribution >= 0.6 is 0 Å². The van der Waals surface area contributed by atoms with Crippen molar-refractivity contribution in [2.45, 2.75) is 194 Å². The van der Waals surface area contributed by atoms with Crippen molar-refractivity contribution < 1.29 is 58.6 Å². The Labute approximate surface area is 383 Å². The molecule has 364 valence electrons. The number of aliphatic hydroxyl groups excluding tert-OH is 1. The van der Waals surface area contributed by atoms with E-state index in [1.807, 2.05) is 65.0 Å². The van der Waals surface area contributed by atoms with E-state index in [1.54, 1.807) is 41.1 Å². The van der Waals surface area contributed by atoms with Gasteiger partial charge in [-0.3, -0.25) is 14.4 Å². The Morgan fingerprint density at radius 1 is 0.938 bits per heavy atom. The van der Waals surface area contributed by atoms with E-state index in [9.17, 15) is 29.4 Å². The number of carbonyl (C=O) groups is 4. The van der Waals surface area contributed by atoms with Crippen molar-refractivity contribution >= 4 is 23.4 Å². The van der Waals surface area contributed by atoms with Gasteiger partial charge in [-0.1, -0.05) is 78.0 Å². The molecule has 0 radical (unpaired) electrons. The second-order valence-corrected chi connectivity index (χ2v) is 19.7. The normalized spacial score (nSPS) is 37.5. The summed E-state index contributed by atoms with van der Waals surface area (Å²) in [4.78, 5) is 57.5. The highest BCUT2D eigenvalue weighted by molar-refractivity contribution is 5.87. The van der Waals surface area contributed by atoms with Gasteiger partial charge in [0.15, 0.2) is 23.8 Å². The molecule has 0 unspecified atom stereocenters. The van der Waals surface area contributed by atoms with Crippen molar-refractivity contribution in [3.63, 3.8) is 0 Å². The molecule has 0 saturated carbocycles. The highest BCUT2D eigenvalue weighted by Gasteiger charge is 2.46. The SMILES string of the molecule is CO[C@H]1C[C@@H]2CC[C@@H](C)[C@](O)(CC(=O)N3CCCC[C@H]3C(=O)O[C@H]([C@H](C)C[C@@H](C)CC[C@@H]([OH2+])[C@@H](C)OC)CC(=O)[C@H](C)/C=C(\C)[C@@H]([OH2+])[C@@H](O)C(=O)[C@H](C)C[C@H](C)/C=C/C=C/C=C/1C)O2. The van der Waals surface area contributed by atoms with Crippen LogP contribution in [-0.2, 0) is 38.1 Å². The maximum absolute atomic E-state index is 14.3. The molecule has 3 aliphatic rings. The topological polar surface area (TPSA) is 195 Å². The van der Waals surface area contributed by atoms with Crippen molar-refractivity contribution in [1.29, 1.82) is 0 Å². The third-order valence-electron chi connectivity index (χ3n) is 14.2. The molecule has 0 aromatic carbocycles. The zero-order valence-electron chi connectivity index (χ0n) is 40.8. The fraction of sp³-hybridized carbons (Fsp3) is 0.765. The first-order valence-electron chi connectivity index (χ1n) is 23.9. The minimum atomic E-state index is -1.75. The van der Waals surface area contributed by atoms with Crippen LogP contribution in [0.5, 0.6) is 0 Å². The lowest BCUT2D eigenvalue weighted by Crippen LogP contribution is -2.55. The van der Waals surface area contributed by atoms with Crippen molar-refractivity contribution in [3.8, 4) is 0 Å². The molecule has 6 N–H and O–H groups in total. The van der Waals surface area contributed by atoms with Crippen LogP contribution in [0.25, 0.3) is 0 Å². The van der Waals surface area contributed by atoms with Gasteiger partial charge in [-0.05, 0) is 95.5 Å². The summed E-state index contributed by atoms with van der Waals surface area (Å²) in [6.07, 6.45) is 11.9. The van der Waals surface area contributed by atoms with Gasteiger partial charge in [0.1, 0.15) is 24.0 Å². The number of ether oxygens (including phenoxy) is 4. The number of esters is 1. The second-order valence-electron chi connectivity index (χ2n) is 19.7. The fourth-order valence-corrected chi connectivity index (χ4v) is 9.43. The number of rotatable bonds is 9. The number of Topliss-reactive ketones (excluding diaryl/α,β-unsaturated/α-hetero) is 2. The summed E-state index contributed by atoms with van der Waals surface area (Å²) in [5.74, 6) is -5.05. The second kappa shape index (κ2) is 26.3. The number of hydrogen-bond acceptors (Lipinski definition) is 10. The first-order valence-corrected chi connectivity index (χ1v) is 23.9. The number of methoxy groups -OCH3 is 2. The van der Waals surface area contributed by atoms with E-state index in [0.717, 1.165) is 12.0 Å². The Bertz CT molecular complexity index is 1640. The standard InChI is InChI=1S/C51H83NO12/c1-31-17-13-12-14-18-33(3)44(62-11)28-40-22-21-38(8)51(60,64-40)30-46(55)52-24-16-15-19-41(52)50(59)63-45(35(5)25-32(2)20-23-42(53)39(9)61-10)29-43(54)34(4)27-37(7)48(57)49(58)47(56)36(6)26-31/h12-14,17-18,27,31-32,34-36,38-42,44-45,48-49,53,57-58,60H,15-16,19-26,28-30H2,1-11H3/p+2/b14-12+,17-13+,33-18+,37-27+/t31-,32+,34-,35-,36-,38-,39-,40+,41+,42-,44+,45+,48-,49+,51+/m1/s1. The van der Waals surface area contributed by atoms with Gasteiger partial charge >= 0.3 is 5.97 Å². The minimum absolute atomic E-state index is 0.0145. The van der Waals surface area contributed by atoms with Crippen LogP contribution in [-0.4, -0.2) is 124 Å². The number of hydrogen-bond donors (Lipinski definition) is 2. The first kappa shape index (κ1) is 55.3. The predicted octanol–water partition coefficient (Wildman–Crippen LogP) is 6.45. The number of piperidine rings is 1. The maximum Gasteiger partial charge on any atom is 0.329 e. The summed E-state index contributed by atoms with van der Waals surface area (Å²) in [5, 5.41) is 40.3.